The Bertz CT molecular complexity index is 974. The summed E-state index contributed by atoms with van der Waals surface area (Å²) in [5.41, 5.74) is 2.23. The Hall–Kier alpha value is -2.46. The molecule has 3 rings (SSSR count). The van der Waals surface area contributed by atoms with E-state index in [1.807, 2.05) is 31.2 Å². The number of rotatable bonds is 8. The Balaban J connectivity index is 1.61. The van der Waals surface area contributed by atoms with Crippen LogP contribution in [0, 0.1) is 0 Å². The number of carbonyl (C=O) groups excluding carboxylic acids is 1. The minimum absolute atomic E-state index is 0.0447. The SMILES string of the molecule is COC(C)c1cccc(NCC(=O)Nc2cccc(S(=O)(=O)N3CCOCC3)c2)c1. The van der Waals surface area contributed by atoms with Gasteiger partial charge in [-0.3, -0.25) is 4.79 Å². The van der Waals surface area contributed by atoms with Gasteiger partial charge >= 0.3 is 0 Å². The van der Waals surface area contributed by atoms with E-state index in [0.29, 0.717) is 32.0 Å². The normalized spacial score (nSPS) is 16.1. The Labute approximate surface area is 177 Å². The minimum Gasteiger partial charge on any atom is -0.379 e. The van der Waals surface area contributed by atoms with Crippen molar-refractivity contribution in [3.63, 3.8) is 0 Å². The third-order valence-electron chi connectivity index (χ3n) is 4.89. The Morgan fingerprint density at radius 3 is 2.57 bits per heavy atom. The molecule has 1 fully saturated rings. The summed E-state index contributed by atoms with van der Waals surface area (Å²) in [6.07, 6.45) is -0.0447. The van der Waals surface area contributed by atoms with E-state index in [9.17, 15) is 13.2 Å². The highest BCUT2D eigenvalue weighted by Gasteiger charge is 2.26. The van der Waals surface area contributed by atoms with E-state index in [1.54, 1.807) is 19.2 Å². The molecule has 1 heterocycles. The number of amides is 1. The first-order valence-corrected chi connectivity index (χ1v) is 11.2. The smallest absolute Gasteiger partial charge is 0.243 e. The van der Waals surface area contributed by atoms with E-state index >= 15 is 0 Å². The molecule has 9 heteroatoms. The Morgan fingerprint density at radius 2 is 1.83 bits per heavy atom. The molecule has 1 aliphatic heterocycles. The van der Waals surface area contributed by atoms with Crippen molar-refractivity contribution < 1.29 is 22.7 Å². The van der Waals surface area contributed by atoms with Crippen molar-refractivity contribution >= 4 is 27.3 Å². The van der Waals surface area contributed by atoms with Crippen LogP contribution in [0.3, 0.4) is 0 Å². The lowest BCUT2D eigenvalue weighted by molar-refractivity contribution is -0.114. The van der Waals surface area contributed by atoms with Crippen LogP contribution >= 0.6 is 0 Å². The second-order valence-electron chi connectivity index (χ2n) is 6.95. The quantitative estimate of drug-likeness (QED) is 0.664. The summed E-state index contributed by atoms with van der Waals surface area (Å²) in [6.45, 7) is 3.40. The van der Waals surface area contributed by atoms with Gasteiger partial charge in [0.25, 0.3) is 0 Å². The van der Waals surface area contributed by atoms with E-state index in [-0.39, 0.29) is 23.5 Å². The lowest BCUT2D eigenvalue weighted by Crippen LogP contribution is -2.40. The summed E-state index contributed by atoms with van der Waals surface area (Å²) in [7, 11) is -1.97. The molecule has 1 aliphatic rings. The molecule has 30 heavy (non-hydrogen) atoms. The van der Waals surface area contributed by atoms with Crippen LogP contribution in [0.2, 0.25) is 0 Å². The minimum atomic E-state index is -3.62. The molecule has 162 valence electrons. The van der Waals surface area contributed by atoms with Crippen LogP contribution in [-0.4, -0.2) is 58.6 Å². The van der Waals surface area contributed by atoms with Crippen LogP contribution in [0.5, 0.6) is 0 Å². The number of hydrogen-bond donors (Lipinski definition) is 2. The molecule has 2 aromatic carbocycles. The van der Waals surface area contributed by atoms with Gasteiger partial charge in [-0.1, -0.05) is 18.2 Å². The molecule has 1 atom stereocenters. The molecule has 1 unspecified atom stereocenters. The lowest BCUT2D eigenvalue weighted by Gasteiger charge is -2.26. The van der Waals surface area contributed by atoms with Gasteiger partial charge in [-0.25, -0.2) is 8.42 Å². The molecule has 2 N–H and O–H groups in total. The molecule has 8 nitrogen and oxygen atoms in total. The summed E-state index contributed by atoms with van der Waals surface area (Å²) in [6, 6.07) is 13.9. The van der Waals surface area contributed by atoms with Crippen LogP contribution < -0.4 is 10.6 Å². The maximum Gasteiger partial charge on any atom is 0.243 e. The van der Waals surface area contributed by atoms with Crippen LogP contribution in [0.15, 0.2) is 53.4 Å². The number of benzene rings is 2. The van der Waals surface area contributed by atoms with Gasteiger partial charge in [0.1, 0.15) is 0 Å². The largest absolute Gasteiger partial charge is 0.379 e. The third-order valence-corrected chi connectivity index (χ3v) is 6.78. The summed E-state index contributed by atoms with van der Waals surface area (Å²) in [5.74, 6) is -0.277. The number of methoxy groups -OCH3 is 1. The molecule has 1 saturated heterocycles. The average Bonchev–Trinajstić information content (AvgIpc) is 2.78. The molecule has 0 bridgehead atoms. The number of morpholine rings is 1. The molecular weight excluding hydrogens is 406 g/mol. The van der Waals surface area contributed by atoms with Crippen molar-refractivity contribution in [1.29, 1.82) is 0 Å². The first-order valence-electron chi connectivity index (χ1n) is 9.74. The van der Waals surface area contributed by atoms with E-state index < -0.39 is 10.0 Å². The van der Waals surface area contributed by atoms with Crippen LogP contribution in [0.1, 0.15) is 18.6 Å². The fraction of sp³-hybridized carbons (Fsp3) is 0.381. The third kappa shape index (κ3) is 5.57. The average molecular weight is 434 g/mol. The van der Waals surface area contributed by atoms with Gasteiger partial charge in [0.15, 0.2) is 0 Å². The zero-order valence-electron chi connectivity index (χ0n) is 17.1. The summed E-state index contributed by atoms with van der Waals surface area (Å²) in [4.78, 5) is 12.5. The zero-order chi connectivity index (χ0) is 21.6. The number of hydrogen-bond acceptors (Lipinski definition) is 6. The van der Waals surface area contributed by atoms with E-state index in [4.69, 9.17) is 9.47 Å². The second kappa shape index (κ2) is 10.0. The molecule has 0 aliphatic carbocycles. The first kappa shape index (κ1) is 22.2. The monoisotopic (exact) mass is 433 g/mol. The highest BCUT2D eigenvalue weighted by Crippen LogP contribution is 2.21. The topological polar surface area (TPSA) is 97.0 Å². The fourth-order valence-corrected chi connectivity index (χ4v) is 4.55. The highest BCUT2D eigenvalue weighted by molar-refractivity contribution is 7.89. The van der Waals surface area contributed by atoms with Crippen molar-refractivity contribution in [3.05, 3.63) is 54.1 Å². The van der Waals surface area contributed by atoms with Gasteiger partial charge in [0.05, 0.1) is 30.8 Å². The molecule has 0 radical (unpaired) electrons. The van der Waals surface area contributed by atoms with Crippen molar-refractivity contribution in [2.45, 2.75) is 17.9 Å². The van der Waals surface area contributed by atoms with Crippen molar-refractivity contribution in [3.8, 4) is 0 Å². The Kier molecular flexibility index (Phi) is 7.43. The van der Waals surface area contributed by atoms with E-state index in [2.05, 4.69) is 10.6 Å². The van der Waals surface area contributed by atoms with Gasteiger partial charge in [-0.05, 0) is 42.8 Å². The fourth-order valence-electron chi connectivity index (χ4n) is 3.10. The number of ether oxygens (including phenoxy) is 2. The summed E-state index contributed by atoms with van der Waals surface area (Å²) in [5, 5.41) is 5.81. The van der Waals surface area contributed by atoms with Gasteiger partial charge in [0.2, 0.25) is 15.9 Å². The molecular formula is C21H27N3O5S. The van der Waals surface area contributed by atoms with E-state index in [0.717, 1.165) is 11.3 Å². The van der Waals surface area contributed by atoms with Crippen LogP contribution in [-0.2, 0) is 24.3 Å². The number of anilines is 2. The second-order valence-corrected chi connectivity index (χ2v) is 8.89. The highest BCUT2D eigenvalue weighted by atomic mass is 32.2. The van der Waals surface area contributed by atoms with Gasteiger partial charge in [-0.2, -0.15) is 4.31 Å². The number of carbonyl (C=O) groups is 1. The standard InChI is InChI=1S/C21H27N3O5S/c1-16(28-2)17-5-3-6-18(13-17)22-15-21(25)23-19-7-4-8-20(14-19)30(26,27)24-9-11-29-12-10-24/h3-8,13-14,16,22H,9-12,15H2,1-2H3,(H,23,25). The molecule has 2 aromatic rings. The lowest BCUT2D eigenvalue weighted by atomic mass is 10.1. The number of nitrogens with zero attached hydrogens (tertiary/aromatic N) is 1. The molecule has 0 aromatic heterocycles. The maximum atomic E-state index is 12.8. The first-order chi connectivity index (χ1) is 14.4. The van der Waals surface area contributed by atoms with Gasteiger partial charge in [-0.15, -0.1) is 0 Å². The molecule has 0 spiro atoms. The Morgan fingerprint density at radius 1 is 1.13 bits per heavy atom. The number of sulfonamides is 1. The molecule has 1 amide bonds. The van der Waals surface area contributed by atoms with Crippen molar-refractivity contribution in [1.82, 2.24) is 4.31 Å². The predicted octanol–water partition coefficient (Wildman–Crippen LogP) is 2.47. The zero-order valence-corrected chi connectivity index (χ0v) is 17.9. The van der Waals surface area contributed by atoms with Crippen LogP contribution in [0.4, 0.5) is 11.4 Å². The van der Waals surface area contributed by atoms with Gasteiger partial charge < -0.3 is 20.1 Å². The maximum absolute atomic E-state index is 12.8. The van der Waals surface area contributed by atoms with Crippen molar-refractivity contribution in [2.75, 3.05) is 50.6 Å². The van der Waals surface area contributed by atoms with E-state index in [1.165, 1.54) is 16.4 Å². The molecule has 0 saturated carbocycles. The summed E-state index contributed by atoms with van der Waals surface area (Å²) >= 11 is 0. The van der Waals surface area contributed by atoms with Crippen LogP contribution in [0.25, 0.3) is 0 Å². The number of nitrogens with one attached hydrogen (secondary N) is 2. The predicted molar refractivity (Wildman–Crippen MR) is 115 cm³/mol. The summed E-state index contributed by atoms with van der Waals surface area (Å²) < 4.78 is 37.5. The van der Waals surface area contributed by atoms with Gasteiger partial charge in [0, 0.05) is 31.6 Å². The van der Waals surface area contributed by atoms with Crippen molar-refractivity contribution in [2.24, 2.45) is 0 Å².